The summed E-state index contributed by atoms with van der Waals surface area (Å²) in [7, 11) is 0. The van der Waals surface area contributed by atoms with Gasteiger partial charge in [-0.05, 0) is 151 Å². The van der Waals surface area contributed by atoms with Crippen molar-refractivity contribution in [1.82, 2.24) is 9.55 Å². The van der Waals surface area contributed by atoms with Gasteiger partial charge in [-0.15, -0.1) is 52.5 Å². The Balaban J connectivity index is 0.00000498. The maximum atomic E-state index is 5.74. The molecule has 2 aromatic heterocycles. The summed E-state index contributed by atoms with van der Waals surface area (Å²) in [6.07, 6.45) is 2.89. The van der Waals surface area contributed by atoms with Crippen LogP contribution in [0.1, 0.15) is 110 Å². The van der Waals surface area contributed by atoms with E-state index in [1.165, 1.54) is 77.5 Å². The Hall–Kier alpha value is -5.22. The van der Waals surface area contributed by atoms with Gasteiger partial charge in [-0.3, -0.25) is 0 Å². The number of aromatic nitrogens is 2. The molecule has 6 heteroatoms. The molecule has 0 bridgehead atoms. The molecule has 0 saturated carbocycles. The molecule has 8 aromatic rings. The van der Waals surface area contributed by atoms with Gasteiger partial charge in [0.15, 0.2) is 0 Å². The molecule has 4 nitrogen and oxygen atoms in total. The van der Waals surface area contributed by atoms with Crippen molar-refractivity contribution in [2.75, 3.05) is 4.90 Å². The monoisotopic (exact) mass is 1050 g/mol. The van der Waals surface area contributed by atoms with Crippen LogP contribution in [-0.2, 0) is 43.1 Å². The average Bonchev–Trinajstić information content (AvgIpc) is 3.79. The van der Waals surface area contributed by atoms with Gasteiger partial charge in [0.2, 0.25) is 0 Å². The fourth-order valence-electron chi connectivity index (χ4n) is 11.1. The Morgan fingerprint density at radius 3 is 2.22 bits per heavy atom. The number of rotatable bonds is 4. The molecule has 3 aliphatic rings. The predicted octanol–water partition coefficient (Wildman–Crippen LogP) is 15.1. The molecule has 65 heavy (non-hydrogen) atoms. The number of anilines is 3. The average molecular weight is 1050 g/mol. The first-order valence-corrected chi connectivity index (χ1v) is 23.6. The standard InChI is InChI=1S/C59H56N4S.Pt/c1-34-20-23-49-43(26-34)44-31-48-52(32-51(44)63(49)53-30-41(24-25-60-53)56(6,7)8)62(50-19-14-13-18-47(50)57(48,9)10)42-28-39(54-36(3)16-15-17-37(54)4)27-40(29-42)55-61-58(11)33-45-38(5)35(2)21-22-46(45)59(58,12)64-55;/h13-28,30-31H,33H2,1-12H3;/q-2;+2/t58-,59+;/m1./s1. The quantitative estimate of drug-likeness (QED) is 0.165. The van der Waals surface area contributed by atoms with E-state index in [0.717, 1.165) is 50.9 Å². The van der Waals surface area contributed by atoms with Crippen molar-refractivity contribution < 1.29 is 21.1 Å². The second-order valence-electron chi connectivity index (χ2n) is 20.8. The number of hydrogen-bond donors (Lipinski definition) is 0. The summed E-state index contributed by atoms with van der Waals surface area (Å²) in [5.41, 5.74) is 21.2. The summed E-state index contributed by atoms with van der Waals surface area (Å²) in [6.45, 7) is 27.5. The summed E-state index contributed by atoms with van der Waals surface area (Å²) in [6, 6.07) is 46.8. The Morgan fingerprint density at radius 2 is 1.46 bits per heavy atom. The first kappa shape index (κ1) is 43.7. The molecule has 1 aliphatic carbocycles. The Kier molecular flexibility index (Phi) is 10.0. The number of benzene rings is 6. The first-order valence-electron chi connectivity index (χ1n) is 22.8. The van der Waals surface area contributed by atoms with Gasteiger partial charge in [-0.25, -0.2) is 4.98 Å². The largest absolute Gasteiger partial charge is 2.00 e. The van der Waals surface area contributed by atoms with Crippen LogP contribution in [0, 0.1) is 46.8 Å². The van der Waals surface area contributed by atoms with Crippen molar-refractivity contribution >= 4 is 55.7 Å². The van der Waals surface area contributed by atoms with Crippen molar-refractivity contribution in [2.45, 2.75) is 111 Å². The second-order valence-corrected chi connectivity index (χ2v) is 22.2. The molecule has 0 spiro atoms. The molecule has 2 atom stereocenters. The number of pyridine rings is 1. The van der Waals surface area contributed by atoms with Crippen LogP contribution in [0.3, 0.4) is 0 Å². The molecular weight excluding hydrogens is 992 g/mol. The molecule has 328 valence electrons. The third-order valence-electron chi connectivity index (χ3n) is 15.2. The fourth-order valence-corrected chi connectivity index (χ4v) is 12.6. The molecule has 0 radical (unpaired) electrons. The van der Waals surface area contributed by atoms with E-state index < -0.39 is 0 Å². The molecule has 0 fully saturated rings. The maximum Gasteiger partial charge on any atom is 2.00 e. The van der Waals surface area contributed by atoms with Gasteiger partial charge in [-0.1, -0.05) is 118 Å². The third-order valence-corrected chi connectivity index (χ3v) is 16.7. The Bertz CT molecular complexity index is 3330. The number of aliphatic imine (C=N–C) groups is 1. The predicted molar refractivity (Wildman–Crippen MR) is 271 cm³/mol. The number of thioether (sulfide) groups is 1. The summed E-state index contributed by atoms with van der Waals surface area (Å²) < 4.78 is 2.13. The number of fused-ring (bicyclic) bond motifs is 8. The molecule has 0 saturated heterocycles. The van der Waals surface area contributed by atoms with Crippen LogP contribution in [0.25, 0.3) is 38.8 Å². The number of aryl methyl sites for hydroxylation is 4. The number of nitrogens with zero attached hydrogens (tertiary/aromatic N) is 4. The van der Waals surface area contributed by atoms with Crippen molar-refractivity contribution in [1.29, 1.82) is 0 Å². The van der Waals surface area contributed by atoms with E-state index in [2.05, 4.69) is 208 Å². The van der Waals surface area contributed by atoms with Crippen LogP contribution in [0.4, 0.5) is 17.1 Å². The van der Waals surface area contributed by atoms with E-state index in [9.17, 15) is 0 Å². The van der Waals surface area contributed by atoms with Gasteiger partial charge in [0.05, 0.1) is 10.3 Å². The van der Waals surface area contributed by atoms with E-state index >= 15 is 0 Å². The van der Waals surface area contributed by atoms with Crippen molar-refractivity contribution in [3.8, 4) is 16.9 Å². The SMILES string of the molecule is Cc1ccc2c(c1)c1cc3c([c-]c1n2-c1cc(C(C)(C)C)ccn1)N(c1[c-]c(C2=N[C@]4(C)Cc5c(ccc(C)c5C)[C@]4(C)S2)cc(-c2c(C)cccc2C)c1)c1ccccc1C3(C)C.[Pt+2]. The molecule has 2 aliphatic heterocycles. The molecule has 0 N–H and O–H groups in total. The van der Waals surface area contributed by atoms with Crippen molar-refractivity contribution in [2.24, 2.45) is 4.99 Å². The van der Waals surface area contributed by atoms with Crippen LogP contribution >= 0.6 is 11.8 Å². The van der Waals surface area contributed by atoms with Crippen molar-refractivity contribution in [3.05, 3.63) is 183 Å². The van der Waals surface area contributed by atoms with Crippen LogP contribution < -0.4 is 4.90 Å². The van der Waals surface area contributed by atoms with E-state index in [-0.39, 0.29) is 42.2 Å². The molecule has 0 amide bonds. The Labute approximate surface area is 403 Å². The van der Waals surface area contributed by atoms with Crippen LogP contribution in [0.5, 0.6) is 0 Å². The topological polar surface area (TPSA) is 33.4 Å². The molecule has 0 unspecified atom stereocenters. The summed E-state index contributed by atoms with van der Waals surface area (Å²) in [5.74, 6) is 0.899. The van der Waals surface area contributed by atoms with Gasteiger partial charge in [0.1, 0.15) is 5.82 Å². The number of hydrogen-bond acceptors (Lipinski definition) is 4. The number of para-hydroxylation sites is 1. The van der Waals surface area contributed by atoms with Crippen LogP contribution in [0.15, 0.2) is 114 Å². The van der Waals surface area contributed by atoms with Gasteiger partial charge < -0.3 is 14.5 Å². The van der Waals surface area contributed by atoms with Gasteiger partial charge in [-0.2, -0.15) is 6.07 Å². The van der Waals surface area contributed by atoms with Gasteiger partial charge in [0, 0.05) is 22.4 Å². The molecular formula is C59H56N4PtS. The van der Waals surface area contributed by atoms with E-state index in [0.29, 0.717) is 0 Å². The zero-order valence-electron chi connectivity index (χ0n) is 39.6. The molecule has 6 aromatic carbocycles. The van der Waals surface area contributed by atoms with E-state index in [1.54, 1.807) is 0 Å². The first-order chi connectivity index (χ1) is 30.4. The van der Waals surface area contributed by atoms with E-state index in [1.807, 2.05) is 18.0 Å². The van der Waals surface area contributed by atoms with Gasteiger partial charge in [0.25, 0.3) is 0 Å². The zero-order valence-corrected chi connectivity index (χ0v) is 42.7. The molecule has 11 rings (SSSR count). The fraction of sp³-hybridized carbons (Fsp3) is 0.288. The van der Waals surface area contributed by atoms with Gasteiger partial charge >= 0.3 is 21.1 Å². The van der Waals surface area contributed by atoms with Crippen molar-refractivity contribution in [3.63, 3.8) is 0 Å². The zero-order chi connectivity index (χ0) is 44.8. The maximum absolute atomic E-state index is 5.74. The smallest absolute Gasteiger partial charge is 0.352 e. The summed E-state index contributed by atoms with van der Waals surface area (Å²) in [5, 5.41) is 3.44. The van der Waals surface area contributed by atoms with Crippen LogP contribution in [-0.4, -0.2) is 20.1 Å². The second kappa shape index (κ2) is 14.9. The van der Waals surface area contributed by atoms with Crippen LogP contribution in [0.2, 0.25) is 0 Å². The minimum Gasteiger partial charge on any atom is -0.352 e. The summed E-state index contributed by atoms with van der Waals surface area (Å²) in [4.78, 5) is 13.2. The molecule has 4 heterocycles. The minimum atomic E-state index is -0.321. The third kappa shape index (κ3) is 6.42. The summed E-state index contributed by atoms with van der Waals surface area (Å²) >= 11 is 1.92. The Morgan fingerprint density at radius 1 is 0.708 bits per heavy atom. The normalized spacial score (nSPS) is 19.4. The minimum absolute atomic E-state index is 0. The van der Waals surface area contributed by atoms with E-state index in [4.69, 9.17) is 9.98 Å².